The number of amides is 4. The van der Waals surface area contributed by atoms with Gasteiger partial charge in [-0.15, -0.1) is 0 Å². The minimum Gasteiger partial charge on any atom is -0.393 e. The van der Waals surface area contributed by atoms with Crippen LogP contribution in [-0.4, -0.2) is 88.1 Å². The molecule has 240 valence electrons. The van der Waals surface area contributed by atoms with Crippen LogP contribution in [0, 0.1) is 17.8 Å². The van der Waals surface area contributed by atoms with Gasteiger partial charge in [-0.1, -0.05) is 20.8 Å². The second-order valence-corrected chi connectivity index (χ2v) is 11.2. The van der Waals surface area contributed by atoms with Crippen LogP contribution in [0.5, 0.6) is 0 Å². The van der Waals surface area contributed by atoms with E-state index < -0.39 is 90.2 Å². The van der Waals surface area contributed by atoms with Gasteiger partial charge < -0.3 is 37.6 Å². The van der Waals surface area contributed by atoms with Crippen molar-refractivity contribution in [2.24, 2.45) is 29.2 Å². The molecule has 2 unspecified atom stereocenters. The molecule has 0 aliphatic heterocycles. The van der Waals surface area contributed by atoms with E-state index in [1.807, 2.05) is 13.8 Å². The molecule has 0 aromatic rings. The van der Waals surface area contributed by atoms with E-state index in [4.69, 9.17) is 11.5 Å². The predicted octanol–water partition coefficient (Wildman–Crippen LogP) is -1.26. The Morgan fingerprint density at radius 3 is 1.67 bits per heavy atom. The summed E-state index contributed by atoms with van der Waals surface area (Å²) in [6.45, 7) is 9.04. The highest BCUT2D eigenvalue weighted by atomic mass is 16.3. The summed E-state index contributed by atoms with van der Waals surface area (Å²) in [6, 6.07) is -3.25. The van der Waals surface area contributed by atoms with Crippen molar-refractivity contribution in [1.29, 1.82) is 0 Å². The maximum Gasteiger partial charge on any atom is 1.00 e. The molecule has 0 saturated heterocycles. The quantitative estimate of drug-likeness (QED) is 0.0823. The van der Waals surface area contributed by atoms with Crippen LogP contribution in [0.4, 0.5) is 0 Å². The zero-order chi connectivity index (χ0) is 32.7. The first-order valence-electron chi connectivity index (χ1n) is 14.3. The van der Waals surface area contributed by atoms with E-state index in [0.717, 1.165) is 0 Å². The molecule has 42 heavy (non-hydrogen) atoms. The fraction of sp³-hybridized carbons (Fsp3) is 0.750. The number of hydrogen-bond acceptors (Lipinski definition) is 10. The van der Waals surface area contributed by atoms with Crippen LogP contribution < -0.4 is 27.4 Å². The lowest BCUT2D eigenvalue weighted by Gasteiger charge is -2.27. The van der Waals surface area contributed by atoms with Crippen LogP contribution >= 0.6 is 0 Å². The highest BCUT2D eigenvalue weighted by molar-refractivity contribution is 5.96. The van der Waals surface area contributed by atoms with Gasteiger partial charge in [-0.25, -0.2) is 0 Å². The molecule has 9 N–H and O–H groups in total. The van der Waals surface area contributed by atoms with Crippen LogP contribution in [0.3, 0.4) is 0 Å². The molecule has 0 rings (SSSR count). The molecule has 7 atom stereocenters. The van der Waals surface area contributed by atoms with E-state index >= 15 is 0 Å². The lowest BCUT2D eigenvalue weighted by Crippen LogP contribution is -2.51. The molecule has 0 aliphatic carbocycles. The number of nitrogens with two attached hydrogens (primary N) is 2. The lowest BCUT2D eigenvalue weighted by molar-refractivity contribution is -0.138. The number of hydrogen-bond donors (Lipinski definition) is 7. The zero-order valence-corrected chi connectivity index (χ0v) is 25.5. The number of rotatable bonds is 21. The van der Waals surface area contributed by atoms with Crippen LogP contribution in [0.2, 0.25) is 0 Å². The number of nitrogens with one attached hydrogen (secondary N) is 3. The van der Waals surface area contributed by atoms with Gasteiger partial charge in [-0.2, -0.15) is 0 Å². The summed E-state index contributed by atoms with van der Waals surface area (Å²) >= 11 is 0. The molecule has 0 radical (unpaired) electrons. The highest BCUT2D eigenvalue weighted by Crippen LogP contribution is 2.18. The van der Waals surface area contributed by atoms with E-state index in [9.17, 15) is 43.8 Å². The van der Waals surface area contributed by atoms with E-state index in [0.29, 0.717) is 0 Å². The van der Waals surface area contributed by atoms with Gasteiger partial charge in [-0.05, 0) is 39.5 Å². The Labute approximate surface area is 248 Å². The van der Waals surface area contributed by atoms with Crippen molar-refractivity contribution < 1.29 is 45.2 Å². The Kier molecular flexibility index (Phi) is 17.6. The third-order valence-electron chi connectivity index (χ3n) is 6.74. The Balaban J connectivity index is 0. The molecule has 14 heteroatoms. The Hall–Kier alpha value is -3.23. The molecular formula is C28H50N5O9+. The second kappa shape index (κ2) is 19.1. The highest BCUT2D eigenvalue weighted by Gasteiger charge is 2.35. The first kappa shape index (κ1) is 38.8. The SMILES string of the molecule is CCC(=O)CNC(=O)[C@@H](CC(=O)[C@H](CC(C)C)NC(=O)[C@@H](CC(=O)[C@H](CCC(N)=O)NC(=O)[C@H](C)N)C(C)O)C(C)O.[H+]. The minimum atomic E-state index is -1.34. The van der Waals surface area contributed by atoms with Crippen molar-refractivity contribution >= 4 is 41.0 Å². The number of carbonyl (C=O) groups is 7. The molecule has 0 spiro atoms. The first-order valence-corrected chi connectivity index (χ1v) is 14.3. The van der Waals surface area contributed by atoms with Gasteiger partial charge in [0.1, 0.15) is 0 Å². The summed E-state index contributed by atoms with van der Waals surface area (Å²) in [7, 11) is 0. The van der Waals surface area contributed by atoms with Crippen molar-refractivity contribution in [3.63, 3.8) is 0 Å². The smallest absolute Gasteiger partial charge is 0.393 e. The summed E-state index contributed by atoms with van der Waals surface area (Å²) in [5.74, 6) is -6.87. The molecule has 0 aliphatic rings. The van der Waals surface area contributed by atoms with Gasteiger partial charge in [0.2, 0.25) is 23.6 Å². The van der Waals surface area contributed by atoms with Crippen molar-refractivity contribution in [1.82, 2.24) is 16.0 Å². The van der Waals surface area contributed by atoms with Gasteiger partial charge in [-0.3, -0.25) is 33.6 Å². The summed E-state index contributed by atoms with van der Waals surface area (Å²) < 4.78 is 0. The largest absolute Gasteiger partial charge is 1.00 e. The van der Waals surface area contributed by atoms with E-state index in [1.165, 1.54) is 20.8 Å². The lowest BCUT2D eigenvalue weighted by atomic mass is 9.88. The van der Waals surface area contributed by atoms with E-state index in [1.54, 1.807) is 6.92 Å². The van der Waals surface area contributed by atoms with E-state index in [2.05, 4.69) is 16.0 Å². The van der Waals surface area contributed by atoms with Gasteiger partial charge in [0.15, 0.2) is 17.3 Å². The maximum atomic E-state index is 13.3. The zero-order valence-electron chi connectivity index (χ0n) is 26.5. The second-order valence-electron chi connectivity index (χ2n) is 11.2. The first-order chi connectivity index (χ1) is 19.4. The van der Waals surface area contributed by atoms with Gasteiger partial charge in [0.05, 0.1) is 48.7 Å². The molecule has 14 nitrogen and oxygen atoms in total. The average molecular weight is 601 g/mol. The fourth-order valence-corrected chi connectivity index (χ4v) is 4.05. The van der Waals surface area contributed by atoms with Crippen molar-refractivity contribution in [2.75, 3.05) is 6.54 Å². The van der Waals surface area contributed by atoms with Crippen LogP contribution in [0.25, 0.3) is 0 Å². The third kappa shape index (κ3) is 14.6. The van der Waals surface area contributed by atoms with E-state index in [-0.39, 0.29) is 45.4 Å². The monoisotopic (exact) mass is 600 g/mol. The molecule has 0 heterocycles. The molecule has 0 aromatic heterocycles. The van der Waals surface area contributed by atoms with Crippen LogP contribution in [0.1, 0.15) is 81.5 Å². The topological polar surface area (TPSA) is 248 Å². The Morgan fingerprint density at radius 1 is 0.762 bits per heavy atom. The van der Waals surface area contributed by atoms with Crippen molar-refractivity contribution in [3.8, 4) is 0 Å². The summed E-state index contributed by atoms with van der Waals surface area (Å²) in [4.78, 5) is 87.2. The molecule has 0 saturated carbocycles. The summed E-state index contributed by atoms with van der Waals surface area (Å²) in [5.41, 5.74) is 10.7. The number of ketones is 3. The normalized spacial score (nSPS) is 16.2. The van der Waals surface area contributed by atoms with Crippen molar-refractivity contribution in [3.05, 3.63) is 0 Å². The minimum absolute atomic E-state index is 0. The fourth-order valence-electron chi connectivity index (χ4n) is 4.05. The number of carbonyl (C=O) groups excluding carboxylic acids is 7. The van der Waals surface area contributed by atoms with Gasteiger partial charge in [0.25, 0.3) is 0 Å². The molecule has 4 amide bonds. The predicted molar refractivity (Wildman–Crippen MR) is 154 cm³/mol. The Bertz CT molecular complexity index is 972. The average Bonchev–Trinajstić information content (AvgIpc) is 2.89. The Morgan fingerprint density at radius 2 is 1.24 bits per heavy atom. The summed E-state index contributed by atoms with van der Waals surface area (Å²) in [5, 5.41) is 27.9. The molecule has 0 aromatic carbocycles. The maximum absolute atomic E-state index is 13.3. The number of Topliss-reactive ketones (excluding diaryl/α,β-unsaturated/α-hetero) is 3. The molecular weight excluding hydrogens is 550 g/mol. The number of aliphatic hydroxyl groups is 2. The van der Waals surface area contributed by atoms with Gasteiger partial charge in [0, 0.05) is 25.7 Å². The third-order valence-corrected chi connectivity index (χ3v) is 6.74. The van der Waals surface area contributed by atoms with Gasteiger partial charge >= 0.3 is 1.43 Å². The molecule has 0 bridgehead atoms. The number of primary amides is 1. The molecule has 0 fully saturated rings. The summed E-state index contributed by atoms with van der Waals surface area (Å²) in [6.07, 6.45) is -3.52. The van der Waals surface area contributed by atoms with Crippen LogP contribution in [0.15, 0.2) is 0 Å². The van der Waals surface area contributed by atoms with Crippen LogP contribution in [-0.2, 0) is 33.6 Å². The van der Waals surface area contributed by atoms with Crippen molar-refractivity contribution in [2.45, 2.75) is 110 Å². The number of aliphatic hydroxyl groups excluding tert-OH is 2. The standard InChI is InChI=1S/C28H49N5O9/c1-7-18(36)13-31-27(41)19(16(5)34)11-24(38)22(10-14(2)3)33-28(42)20(17(6)35)12-23(37)21(8-9-25(30)39)32-26(40)15(4)29/h14-17,19-22,34-35H,7-13,29H2,1-6H3,(H2,30,39)(H,31,41)(H,32,40)(H,33,42)/p+1/t15-,16?,17?,19-,20-,21-,22-/m0/s1.